The highest BCUT2D eigenvalue weighted by Gasteiger charge is 2.09. The molecule has 144 valence electrons. The molecule has 3 heterocycles. The van der Waals surface area contributed by atoms with Gasteiger partial charge in [-0.25, -0.2) is 4.98 Å². The van der Waals surface area contributed by atoms with Crippen LogP contribution in [0.3, 0.4) is 0 Å². The molecule has 8 nitrogen and oxygen atoms in total. The zero-order valence-corrected chi connectivity index (χ0v) is 18.3. The van der Waals surface area contributed by atoms with E-state index in [0.29, 0.717) is 30.4 Å². The smallest absolute Gasteiger partial charge is 0.276 e. The van der Waals surface area contributed by atoms with Crippen LogP contribution < -0.4 is 10.6 Å². The summed E-state index contributed by atoms with van der Waals surface area (Å²) in [4.78, 5) is 18.4. The summed E-state index contributed by atoms with van der Waals surface area (Å²) in [5, 5.41) is 11.6. The Balaban J connectivity index is 0.00000261. The Hall–Kier alpha value is -2.08. The molecular formula is C17H22IN7OS. The molecule has 0 aliphatic carbocycles. The highest BCUT2D eigenvalue weighted by Crippen LogP contribution is 2.13. The van der Waals surface area contributed by atoms with E-state index in [2.05, 4.69) is 42.7 Å². The number of thiazole rings is 1. The van der Waals surface area contributed by atoms with Crippen molar-refractivity contribution in [3.05, 3.63) is 46.3 Å². The fourth-order valence-electron chi connectivity index (χ4n) is 2.27. The highest BCUT2D eigenvalue weighted by molar-refractivity contribution is 14.0. The molecule has 0 fully saturated rings. The second kappa shape index (κ2) is 10.9. The fourth-order valence-corrected chi connectivity index (χ4v) is 3.05. The fraction of sp³-hybridized carbons (Fsp3) is 0.353. The van der Waals surface area contributed by atoms with Gasteiger partial charge < -0.3 is 15.2 Å². The maximum Gasteiger partial charge on any atom is 0.276 e. The Morgan fingerprint density at radius 2 is 2.00 bits per heavy atom. The molecule has 0 atom stereocenters. The van der Waals surface area contributed by atoms with Gasteiger partial charge in [-0.15, -0.1) is 35.3 Å². The van der Waals surface area contributed by atoms with E-state index in [1.807, 2.05) is 24.4 Å². The van der Waals surface area contributed by atoms with Crippen LogP contribution in [0, 0.1) is 6.92 Å². The molecule has 0 amide bonds. The summed E-state index contributed by atoms with van der Waals surface area (Å²) in [7, 11) is 1.75. The minimum Gasteiger partial charge on any atom is -0.356 e. The first-order valence-corrected chi connectivity index (χ1v) is 9.16. The molecule has 0 aliphatic heterocycles. The van der Waals surface area contributed by atoms with Gasteiger partial charge in [-0.05, 0) is 19.1 Å². The lowest BCUT2D eigenvalue weighted by molar-refractivity contribution is 0.421. The summed E-state index contributed by atoms with van der Waals surface area (Å²) in [6, 6.07) is 5.57. The molecule has 0 saturated heterocycles. The summed E-state index contributed by atoms with van der Waals surface area (Å²) in [6.45, 7) is 3.49. The van der Waals surface area contributed by atoms with Crippen LogP contribution in [-0.4, -0.2) is 46.2 Å². The number of aliphatic imine (C=N–C) groups is 1. The van der Waals surface area contributed by atoms with Crippen molar-refractivity contribution in [3.63, 3.8) is 0 Å². The summed E-state index contributed by atoms with van der Waals surface area (Å²) in [5.74, 6) is 1.81. The Bertz CT molecular complexity index is 850. The number of guanidine groups is 1. The van der Waals surface area contributed by atoms with Gasteiger partial charge in [-0.3, -0.25) is 9.98 Å². The van der Waals surface area contributed by atoms with E-state index in [0.717, 1.165) is 23.9 Å². The van der Waals surface area contributed by atoms with Crippen molar-refractivity contribution < 1.29 is 4.52 Å². The van der Waals surface area contributed by atoms with Gasteiger partial charge >= 0.3 is 0 Å². The number of hydrogen-bond acceptors (Lipinski definition) is 7. The summed E-state index contributed by atoms with van der Waals surface area (Å²) in [6.07, 6.45) is 5.10. The van der Waals surface area contributed by atoms with Gasteiger partial charge in [0.05, 0.1) is 5.01 Å². The van der Waals surface area contributed by atoms with Crippen LogP contribution in [0.4, 0.5) is 0 Å². The number of nitrogens with zero attached hydrogens (tertiary/aromatic N) is 5. The van der Waals surface area contributed by atoms with Crippen molar-refractivity contribution in [2.75, 3.05) is 20.1 Å². The van der Waals surface area contributed by atoms with Crippen molar-refractivity contribution in [3.8, 4) is 11.6 Å². The first kappa shape index (κ1) is 21.2. The van der Waals surface area contributed by atoms with E-state index >= 15 is 0 Å². The van der Waals surface area contributed by atoms with Crippen LogP contribution in [0.2, 0.25) is 0 Å². The predicted molar refractivity (Wildman–Crippen MR) is 117 cm³/mol. The zero-order chi connectivity index (χ0) is 18.2. The molecule has 0 bridgehead atoms. The molecule has 3 rings (SSSR count). The average molecular weight is 499 g/mol. The van der Waals surface area contributed by atoms with Crippen LogP contribution in [0.15, 0.2) is 40.1 Å². The molecule has 0 saturated carbocycles. The minimum atomic E-state index is 0. The zero-order valence-electron chi connectivity index (χ0n) is 15.2. The van der Waals surface area contributed by atoms with Gasteiger partial charge in [-0.1, -0.05) is 11.2 Å². The maximum atomic E-state index is 5.25. The molecule has 3 aromatic rings. The Kier molecular flexibility index (Phi) is 8.58. The quantitative estimate of drug-likeness (QED) is 0.293. The van der Waals surface area contributed by atoms with Crippen LogP contribution in [0.25, 0.3) is 11.6 Å². The number of nitrogens with one attached hydrogen (secondary N) is 2. The molecule has 0 aliphatic rings. The molecule has 0 unspecified atom stereocenters. The van der Waals surface area contributed by atoms with Crippen molar-refractivity contribution >= 4 is 41.3 Å². The molecule has 0 spiro atoms. The highest BCUT2D eigenvalue weighted by atomic mass is 127. The van der Waals surface area contributed by atoms with Gasteiger partial charge in [0.1, 0.15) is 5.69 Å². The summed E-state index contributed by atoms with van der Waals surface area (Å²) in [5.41, 5.74) is 0.675. The lowest BCUT2D eigenvalue weighted by Gasteiger charge is -2.10. The third-order valence-electron chi connectivity index (χ3n) is 3.52. The van der Waals surface area contributed by atoms with E-state index in [4.69, 9.17) is 4.52 Å². The third-order valence-corrected chi connectivity index (χ3v) is 4.49. The monoisotopic (exact) mass is 499 g/mol. The molecule has 27 heavy (non-hydrogen) atoms. The average Bonchev–Trinajstić information content (AvgIpc) is 3.30. The first-order valence-electron chi connectivity index (χ1n) is 8.34. The van der Waals surface area contributed by atoms with Gasteiger partial charge in [0.25, 0.3) is 5.89 Å². The second-order valence-corrected chi connectivity index (χ2v) is 6.84. The van der Waals surface area contributed by atoms with Crippen molar-refractivity contribution in [1.82, 2.24) is 30.7 Å². The molecule has 0 radical (unpaired) electrons. The molecule has 10 heteroatoms. The van der Waals surface area contributed by atoms with E-state index in [1.165, 1.54) is 4.88 Å². The standard InChI is InChI=1S/C17H21N7OS.HI/c1-12-11-22-15(26-12)7-10-21-17(18-2)20-9-6-14-23-16(25-24-14)13-5-3-4-8-19-13;/h3-5,8,11H,6-7,9-10H2,1-2H3,(H2,18,20,21);1H. The van der Waals surface area contributed by atoms with Crippen LogP contribution >= 0.6 is 35.3 Å². The van der Waals surface area contributed by atoms with E-state index in [1.54, 1.807) is 24.6 Å². The van der Waals surface area contributed by atoms with Crippen LogP contribution in [-0.2, 0) is 12.8 Å². The second-order valence-electron chi connectivity index (χ2n) is 5.52. The van der Waals surface area contributed by atoms with Gasteiger partial charge in [0, 0.05) is 50.2 Å². The SMILES string of the molecule is CN=C(NCCc1noc(-c2ccccn2)n1)NCCc1ncc(C)s1.I. The molecule has 2 N–H and O–H groups in total. The van der Waals surface area contributed by atoms with Crippen LogP contribution in [0.5, 0.6) is 0 Å². The van der Waals surface area contributed by atoms with Crippen molar-refractivity contribution in [1.29, 1.82) is 0 Å². The van der Waals surface area contributed by atoms with E-state index in [-0.39, 0.29) is 24.0 Å². The van der Waals surface area contributed by atoms with E-state index < -0.39 is 0 Å². The number of halogens is 1. The molecule has 0 aromatic carbocycles. The molecular weight excluding hydrogens is 477 g/mol. The predicted octanol–water partition coefficient (Wildman–Crippen LogP) is 2.46. The number of aryl methyl sites for hydroxylation is 1. The number of hydrogen-bond donors (Lipinski definition) is 2. The minimum absolute atomic E-state index is 0. The molecule has 3 aromatic heterocycles. The lowest BCUT2D eigenvalue weighted by Crippen LogP contribution is -2.39. The summed E-state index contributed by atoms with van der Waals surface area (Å²) >= 11 is 1.72. The summed E-state index contributed by atoms with van der Waals surface area (Å²) < 4.78 is 5.25. The van der Waals surface area contributed by atoms with E-state index in [9.17, 15) is 0 Å². The number of rotatable bonds is 7. The van der Waals surface area contributed by atoms with Gasteiger partial charge in [0.2, 0.25) is 0 Å². The van der Waals surface area contributed by atoms with Crippen LogP contribution in [0.1, 0.15) is 15.7 Å². The number of aromatic nitrogens is 4. The Morgan fingerprint density at radius 3 is 2.67 bits per heavy atom. The largest absolute Gasteiger partial charge is 0.356 e. The lowest BCUT2D eigenvalue weighted by atomic mass is 10.3. The van der Waals surface area contributed by atoms with Gasteiger partial charge in [-0.2, -0.15) is 4.98 Å². The van der Waals surface area contributed by atoms with Gasteiger partial charge in [0.15, 0.2) is 11.8 Å². The topological polar surface area (TPSA) is 101 Å². The Labute approximate surface area is 179 Å². The third kappa shape index (κ3) is 6.54. The maximum absolute atomic E-state index is 5.25. The normalized spacial score (nSPS) is 11.1. The Morgan fingerprint density at radius 1 is 1.19 bits per heavy atom. The van der Waals surface area contributed by atoms with Crippen molar-refractivity contribution in [2.45, 2.75) is 19.8 Å². The first-order chi connectivity index (χ1) is 12.7. The van der Waals surface area contributed by atoms with Crippen molar-refractivity contribution in [2.24, 2.45) is 4.99 Å². The number of pyridine rings is 1.